The molecule has 2 aromatic rings. The van der Waals surface area contributed by atoms with E-state index in [9.17, 15) is 0 Å². The third-order valence-electron chi connectivity index (χ3n) is 2.88. The zero-order valence-electron chi connectivity index (χ0n) is 10.7. The van der Waals surface area contributed by atoms with Crippen molar-refractivity contribution in [3.63, 3.8) is 0 Å². The predicted molar refractivity (Wildman–Crippen MR) is 72.4 cm³/mol. The Labute approximate surface area is 106 Å². The maximum atomic E-state index is 5.35. The standard InChI is InChI=1S/C14H17NOS/c1-9-14(17-11(3)15-9)13-7-5-6-12(8-13)10(2)16-4/h5-8,10H,1-4H3. The fraction of sp³-hybridized carbons (Fsp3) is 0.357. The van der Waals surface area contributed by atoms with E-state index in [1.165, 1.54) is 16.0 Å². The van der Waals surface area contributed by atoms with Gasteiger partial charge in [-0.25, -0.2) is 4.98 Å². The molecule has 0 radical (unpaired) electrons. The average molecular weight is 247 g/mol. The molecular weight excluding hydrogens is 230 g/mol. The van der Waals surface area contributed by atoms with E-state index in [1.807, 2.05) is 6.92 Å². The molecule has 17 heavy (non-hydrogen) atoms. The predicted octanol–water partition coefficient (Wildman–Crippen LogP) is 4.13. The van der Waals surface area contributed by atoms with Gasteiger partial charge in [0.05, 0.1) is 21.7 Å². The second-order valence-corrected chi connectivity index (χ2v) is 5.35. The largest absolute Gasteiger partial charge is 0.377 e. The van der Waals surface area contributed by atoms with Crippen molar-refractivity contribution in [3.8, 4) is 10.4 Å². The highest BCUT2D eigenvalue weighted by molar-refractivity contribution is 7.15. The molecule has 2 nitrogen and oxygen atoms in total. The molecule has 0 bridgehead atoms. The minimum Gasteiger partial charge on any atom is -0.377 e. The number of rotatable bonds is 3. The number of methoxy groups -OCH3 is 1. The lowest BCUT2D eigenvalue weighted by Crippen LogP contribution is -1.95. The van der Waals surface area contributed by atoms with Crippen molar-refractivity contribution in [2.24, 2.45) is 0 Å². The van der Waals surface area contributed by atoms with Gasteiger partial charge in [-0.15, -0.1) is 11.3 Å². The number of hydrogen-bond donors (Lipinski definition) is 0. The Hall–Kier alpha value is -1.19. The molecule has 0 aliphatic heterocycles. The molecule has 0 spiro atoms. The fourth-order valence-corrected chi connectivity index (χ4v) is 2.78. The molecule has 0 amide bonds. The first-order valence-corrected chi connectivity index (χ1v) is 6.50. The van der Waals surface area contributed by atoms with Crippen LogP contribution in [0.2, 0.25) is 0 Å². The van der Waals surface area contributed by atoms with Crippen molar-refractivity contribution >= 4 is 11.3 Å². The molecule has 1 heterocycles. The van der Waals surface area contributed by atoms with Crippen LogP contribution in [0.1, 0.15) is 29.3 Å². The smallest absolute Gasteiger partial charge is 0.0903 e. The summed E-state index contributed by atoms with van der Waals surface area (Å²) >= 11 is 1.74. The van der Waals surface area contributed by atoms with Crippen LogP contribution in [-0.2, 0) is 4.74 Å². The fourth-order valence-electron chi connectivity index (χ4n) is 1.87. The minimum atomic E-state index is 0.129. The van der Waals surface area contributed by atoms with Crippen LogP contribution in [0.4, 0.5) is 0 Å². The van der Waals surface area contributed by atoms with Gasteiger partial charge in [-0.2, -0.15) is 0 Å². The Morgan fingerprint density at radius 3 is 2.65 bits per heavy atom. The SMILES string of the molecule is COC(C)c1cccc(-c2sc(C)nc2C)c1. The Kier molecular flexibility index (Phi) is 3.60. The first kappa shape index (κ1) is 12.3. The molecule has 0 fully saturated rings. The van der Waals surface area contributed by atoms with Crippen LogP contribution in [0.15, 0.2) is 24.3 Å². The lowest BCUT2D eigenvalue weighted by molar-refractivity contribution is 0.119. The van der Waals surface area contributed by atoms with Gasteiger partial charge >= 0.3 is 0 Å². The van der Waals surface area contributed by atoms with Gasteiger partial charge in [0.1, 0.15) is 0 Å². The molecule has 1 unspecified atom stereocenters. The number of hydrogen-bond acceptors (Lipinski definition) is 3. The van der Waals surface area contributed by atoms with E-state index in [0.29, 0.717) is 0 Å². The molecule has 1 aromatic heterocycles. The number of aryl methyl sites for hydroxylation is 2. The molecule has 0 saturated carbocycles. The summed E-state index contributed by atoms with van der Waals surface area (Å²) in [7, 11) is 1.74. The number of thiazole rings is 1. The number of aromatic nitrogens is 1. The Morgan fingerprint density at radius 2 is 2.06 bits per heavy atom. The molecule has 1 aromatic carbocycles. The zero-order valence-corrected chi connectivity index (χ0v) is 11.5. The van der Waals surface area contributed by atoms with E-state index in [1.54, 1.807) is 18.4 Å². The summed E-state index contributed by atoms with van der Waals surface area (Å²) in [5.41, 5.74) is 3.54. The topological polar surface area (TPSA) is 22.1 Å². The van der Waals surface area contributed by atoms with Gasteiger partial charge in [0, 0.05) is 7.11 Å². The summed E-state index contributed by atoms with van der Waals surface area (Å²) < 4.78 is 5.35. The molecule has 0 N–H and O–H groups in total. The zero-order chi connectivity index (χ0) is 12.4. The molecule has 0 saturated heterocycles. The Bertz CT molecular complexity index is 519. The van der Waals surface area contributed by atoms with Crippen molar-refractivity contribution in [3.05, 3.63) is 40.5 Å². The summed E-state index contributed by atoms with van der Waals surface area (Å²) in [6, 6.07) is 8.50. The molecule has 0 aliphatic carbocycles. The quantitative estimate of drug-likeness (QED) is 0.813. The Balaban J connectivity index is 2.43. The first-order valence-electron chi connectivity index (χ1n) is 5.69. The van der Waals surface area contributed by atoms with Crippen molar-refractivity contribution < 1.29 is 4.74 Å². The van der Waals surface area contributed by atoms with E-state index in [2.05, 4.69) is 43.1 Å². The first-order chi connectivity index (χ1) is 8.11. The van der Waals surface area contributed by atoms with Gasteiger partial charge in [0.15, 0.2) is 0 Å². The molecule has 3 heteroatoms. The van der Waals surface area contributed by atoms with E-state index in [4.69, 9.17) is 4.74 Å². The van der Waals surface area contributed by atoms with Crippen LogP contribution >= 0.6 is 11.3 Å². The highest BCUT2D eigenvalue weighted by atomic mass is 32.1. The van der Waals surface area contributed by atoms with Crippen LogP contribution in [0.3, 0.4) is 0 Å². The van der Waals surface area contributed by atoms with Gasteiger partial charge in [-0.3, -0.25) is 0 Å². The van der Waals surface area contributed by atoms with Crippen molar-refractivity contribution in [1.29, 1.82) is 0 Å². The number of benzene rings is 1. The van der Waals surface area contributed by atoms with Crippen LogP contribution in [0.5, 0.6) is 0 Å². The van der Waals surface area contributed by atoms with E-state index in [0.717, 1.165) is 10.7 Å². The minimum absolute atomic E-state index is 0.129. The third kappa shape index (κ3) is 2.56. The summed E-state index contributed by atoms with van der Waals surface area (Å²) in [6.45, 7) is 6.16. The van der Waals surface area contributed by atoms with Crippen molar-refractivity contribution in [2.75, 3.05) is 7.11 Å². The summed E-state index contributed by atoms with van der Waals surface area (Å²) in [5.74, 6) is 0. The summed E-state index contributed by atoms with van der Waals surface area (Å²) in [6.07, 6.45) is 0.129. The van der Waals surface area contributed by atoms with Gasteiger partial charge in [0.2, 0.25) is 0 Å². The summed E-state index contributed by atoms with van der Waals surface area (Å²) in [5, 5.41) is 1.11. The highest BCUT2D eigenvalue weighted by Gasteiger charge is 2.10. The van der Waals surface area contributed by atoms with E-state index in [-0.39, 0.29) is 6.10 Å². The van der Waals surface area contributed by atoms with Crippen LogP contribution in [-0.4, -0.2) is 12.1 Å². The molecule has 90 valence electrons. The maximum Gasteiger partial charge on any atom is 0.0903 e. The van der Waals surface area contributed by atoms with Crippen LogP contribution in [0, 0.1) is 13.8 Å². The lowest BCUT2D eigenvalue weighted by Gasteiger charge is -2.10. The lowest BCUT2D eigenvalue weighted by atomic mass is 10.1. The van der Waals surface area contributed by atoms with E-state index < -0.39 is 0 Å². The molecular formula is C14H17NOS. The average Bonchev–Trinajstić information content (AvgIpc) is 2.67. The molecule has 1 atom stereocenters. The normalized spacial score (nSPS) is 12.7. The second-order valence-electron chi connectivity index (χ2n) is 4.15. The van der Waals surface area contributed by atoms with Gasteiger partial charge in [-0.05, 0) is 38.0 Å². The third-order valence-corrected chi connectivity index (χ3v) is 4.00. The van der Waals surface area contributed by atoms with Gasteiger partial charge in [0.25, 0.3) is 0 Å². The van der Waals surface area contributed by atoms with E-state index >= 15 is 0 Å². The van der Waals surface area contributed by atoms with Crippen molar-refractivity contribution in [2.45, 2.75) is 26.9 Å². The maximum absolute atomic E-state index is 5.35. The van der Waals surface area contributed by atoms with Gasteiger partial charge in [-0.1, -0.05) is 18.2 Å². The number of ether oxygens (including phenoxy) is 1. The monoisotopic (exact) mass is 247 g/mol. The Morgan fingerprint density at radius 1 is 1.29 bits per heavy atom. The van der Waals surface area contributed by atoms with Crippen LogP contribution < -0.4 is 0 Å². The summed E-state index contributed by atoms with van der Waals surface area (Å²) in [4.78, 5) is 5.73. The van der Waals surface area contributed by atoms with Crippen LogP contribution in [0.25, 0.3) is 10.4 Å². The van der Waals surface area contributed by atoms with Gasteiger partial charge < -0.3 is 4.74 Å². The second kappa shape index (κ2) is 4.98. The van der Waals surface area contributed by atoms with Crippen molar-refractivity contribution in [1.82, 2.24) is 4.98 Å². The molecule has 0 aliphatic rings. The number of nitrogens with zero attached hydrogens (tertiary/aromatic N) is 1. The highest BCUT2D eigenvalue weighted by Crippen LogP contribution is 2.31. The molecule has 2 rings (SSSR count).